The number of thiazole rings is 1. The van der Waals surface area contributed by atoms with E-state index in [4.69, 9.17) is 9.72 Å². The average molecular weight is 514 g/mol. The normalized spacial score (nSPS) is 31.2. The number of hydrogen-bond acceptors (Lipinski definition) is 8. The summed E-state index contributed by atoms with van der Waals surface area (Å²) in [5, 5.41) is 19.1. The largest absolute Gasteiger partial charge is 0.392 e. The second-order valence-electron chi connectivity index (χ2n) is 11.1. The van der Waals surface area contributed by atoms with E-state index in [9.17, 15) is 9.90 Å². The molecule has 2 aliphatic carbocycles. The van der Waals surface area contributed by atoms with Crippen LogP contribution in [0.25, 0.3) is 0 Å². The minimum Gasteiger partial charge on any atom is -0.392 e. The van der Waals surface area contributed by atoms with Crippen molar-refractivity contribution in [1.29, 1.82) is 0 Å². The SMILES string of the molecule is C[C@H](C(=O)NCCN1CCOCC1)C1CC[C@@]2(C)Cc3sc(Nc4cccnc4)nc3[C@@H](C)[C@@H]2[C@H]1O. The molecule has 8 nitrogen and oxygen atoms in total. The van der Waals surface area contributed by atoms with Crippen molar-refractivity contribution in [2.75, 3.05) is 44.7 Å². The molecule has 0 aromatic carbocycles. The maximum absolute atomic E-state index is 13.0. The lowest BCUT2D eigenvalue weighted by atomic mass is 9.53. The average Bonchev–Trinajstić information content (AvgIpc) is 3.26. The molecule has 1 aliphatic heterocycles. The molecule has 6 atom stereocenters. The molecule has 3 N–H and O–H groups in total. The predicted molar refractivity (Wildman–Crippen MR) is 142 cm³/mol. The van der Waals surface area contributed by atoms with Gasteiger partial charge in [0.25, 0.3) is 0 Å². The number of rotatable bonds is 7. The Bertz CT molecular complexity index is 1040. The van der Waals surface area contributed by atoms with Crippen molar-refractivity contribution < 1.29 is 14.6 Å². The van der Waals surface area contributed by atoms with Crippen LogP contribution in [0.1, 0.15) is 50.1 Å². The lowest BCUT2D eigenvalue weighted by molar-refractivity contribution is -0.134. The molecule has 1 unspecified atom stereocenters. The van der Waals surface area contributed by atoms with Gasteiger partial charge in [0, 0.05) is 49.1 Å². The summed E-state index contributed by atoms with van der Waals surface area (Å²) in [5.74, 6) is 0.00867. The molecule has 196 valence electrons. The van der Waals surface area contributed by atoms with E-state index in [1.165, 1.54) is 4.88 Å². The van der Waals surface area contributed by atoms with E-state index >= 15 is 0 Å². The second-order valence-corrected chi connectivity index (χ2v) is 12.1. The van der Waals surface area contributed by atoms with Gasteiger partial charge in [-0.2, -0.15) is 0 Å². The molecule has 36 heavy (non-hydrogen) atoms. The highest BCUT2D eigenvalue weighted by Gasteiger charge is 2.53. The Morgan fingerprint density at radius 1 is 1.39 bits per heavy atom. The minimum absolute atomic E-state index is 0.00691. The highest BCUT2D eigenvalue weighted by Crippen LogP contribution is 2.57. The van der Waals surface area contributed by atoms with Gasteiger partial charge in [0.15, 0.2) is 5.13 Å². The monoisotopic (exact) mass is 513 g/mol. The number of ether oxygens (including phenoxy) is 1. The molecule has 3 heterocycles. The molecule has 2 aromatic heterocycles. The topological polar surface area (TPSA) is 99.6 Å². The Hall–Kier alpha value is -2.07. The van der Waals surface area contributed by atoms with Gasteiger partial charge in [-0.15, -0.1) is 11.3 Å². The van der Waals surface area contributed by atoms with Crippen LogP contribution in [0.4, 0.5) is 10.8 Å². The first-order chi connectivity index (χ1) is 17.4. The highest BCUT2D eigenvalue weighted by atomic mass is 32.1. The van der Waals surface area contributed by atoms with Gasteiger partial charge in [-0.05, 0) is 48.6 Å². The Kier molecular flexibility index (Phi) is 7.62. The maximum atomic E-state index is 13.0. The zero-order chi connectivity index (χ0) is 25.3. The van der Waals surface area contributed by atoms with Crippen molar-refractivity contribution >= 4 is 28.1 Å². The van der Waals surface area contributed by atoms with Crippen LogP contribution in [-0.4, -0.2) is 71.4 Å². The highest BCUT2D eigenvalue weighted by molar-refractivity contribution is 7.15. The van der Waals surface area contributed by atoms with Crippen LogP contribution >= 0.6 is 11.3 Å². The van der Waals surface area contributed by atoms with Gasteiger partial charge in [0.2, 0.25) is 5.91 Å². The molecule has 1 saturated heterocycles. The van der Waals surface area contributed by atoms with Crippen molar-refractivity contribution in [3.63, 3.8) is 0 Å². The van der Waals surface area contributed by atoms with Gasteiger partial charge in [-0.3, -0.25) is 14.7 Å². The molecule has 1 saturated carbocycles. The fourth-order valence-corrected chi connectivity index (χ4v) is 7.96. The number of aliphatic hydroxyl groups is 1. The fourth-order valence-electron chi connectivity index (χ4n) is 6.68. The third kappa shape index (κ3) is 5.16. The number of pyridine rings is 1. The van der Waals surface area contributed by atoms with Crippen molar-refractivity contribution in [2.45, 2.75) is 52.1 Å². The lowest BCUT2D eigenvalue weighted by Gasteiger charge is -2.53. The van der Waals surface area contributed by atoms with E-state index < -0.39 is 6.10 Å². The smallest absolute Gasteiger partial charge is 0.223 e. The Morgan fingerprint density at radius 3 is 2.94 bits per heavy atom. The number of carbonyl (C=O) groups excluding carboxylic acids is 1. The molecule has 2 fully saturated rings. The number of anilines is 2. The maximum Gasteiger partial charge on any atom is 0.223 e. The molecule has 9 heteroatoms. The van der Waals surface area contributed by atoms with E-state index in [1.807, 2.05) is 19.1 Å². The lowest BCUT2D eigenvalue weighted by Crippen LogP contribution is -2.53. The molecule has 3 aliphatic rings. The summed E-state index contributed by atoms with van der Waals surface area (Å²) in [4.78, 5) is 25.8. The molecule has 5 rings (SSSR count). The number of amides is 1. The molecular weight excluding hydrogens is 474 g/mol. The van der Waals surface area contributed by atoms with Gasteiger partial charge >= 0.3 is 0 Å². The van der Waals surface area contributed by atoms with E-state index in [0.29, 0.717) is 6.54 Å². The van der Waals surface area contributed by atoms with Crippen molar-refractivity contribution in [1.82, 2.24) is 20.2 Å². The van der Waals surface area contributed by atoms with Crippen LogP contribution in [0, 0.1) is 23.2 Å². The zero-order valence-corrected chi connectivity index (χ0v) is 22.4. The first-order valence-electron chi connectivity index (χ1n) is 13.3. The molecule has 0 spiro atoms. The summed E-state index contributed by atoms with van der Waals surface area (Å²) in [6, 6.07) is 3.89. The van der Waals surface area contributed by atoms with Crippen LogP contribution < -0.4 is 10.6 Å². The van der Waals surface area contributed by atoms with Crippen molar-refractivity contribution in [2.24, 2.45) is 23.2 Å². The number of fused-ring (bicyclic) bond motifs is 2. The summed E-state index contributed by atoms with van der Waals surface area (Å²) in [5.41, 5.74) is 2.03. The number of nitrogens with zero attached hydrogens (tertiary/aromatic N) is 3. The number of hydrogen-bond donors (Lipinski definition) is 3. The van der Waals surface area contributed by atoms with Crippen molar-refractivity contribution in [3.8, 4) is 0 Å². The van der Waals surface area contributed by atoms with Crippen LogP contribution in [0.2, 0.25) is 0 Å². The number of aliphatic hydroxyl groups excluding tert-OH is 1. The summed E-state index contributed by atoms with van der Waals surface area (Å²) in [6.07, 6.45) is 5.84. The molecule has 2 aromatic rings. The van der Waals surface area contributed by atoms with Gasteiger partial charge in [-0.1, -0.05) is 20.8 Å². The number of morpholine rings is 1. The van der Waals surface area contributed by atoms with Crippen LogP contribution in [0.15, 0.2) is 24.5 Å². The Morgan fingerprint density at radius 2 is 2.19 bits per heavy atom. The first-order valence-corrected chi connectivity index (χ1v) is 14.1. The first kappa shape index (κ1) is 25.6. The van der Waals surface area contributed by atoms with Crippen LogP contribution in [0.5, 0.6) is 0 Å². The molecule has 0 radical (unpaired) electrons. The third-order valence-corrected chi connectivity index (χ3v) is 9.71. The third-order valence-electron chi connectivity index (χ3n) is 8.72. The van der Waals surface area contributed by atoms with Crippen LogP contribution in [-0.2, 0) is 16.0 Å². The van der Waals surface area contributed by atoms with Crippen LogP contribution in [0.3, 0.4) is 0 Å². The molecule has 0 bridgehead atoms. The van der Waals surface area contributed by atoms with Gasteiger partial charge in [0.05, 0.1) is 36.9 Å². The van der Waals surface area contributed by atoms with Crippen molar-refractivity contribution in [3.05, 3.63) is 35.1 Å². The van der Waals surface area contributed by atoms with Gasteiger partial charge in [0.1, 0.15) is 0 Å². The summed E-state index contributed by atoms with van der Waals surface area (Å²) in [7, 11) is 0. The van der Waals surface area contributed by atoms with E-state index in [2.05, 4.69) is 34.4 Å². The molecule has 1 amide bonds. The summed E-state index contributed by atoms with van der Waals surface area (Å²) >= 11 is 1.71. The standard InChI is InChI=1S/C27H39N5O3S/c1-17(25(34)29-9-10-32-11-13-35-14-12-32)20-6-7-27(3)15-21-23(18(2)22(27)24(20)33)31-26(36-21)30-19-5-4-8-28-16-19/h4-5,8,16-18,20,22,24,33H,6-7,9-15H2,1-3H3,(H,29,34)(H,30,31)/t17-,18-,20?,22+,24-,27-/m0/s1. The Labute approximate surface area is 217 Å². The number of aromatic nitrogens is 2. The fraction of sp³-hybridized carbons (Fsp3) is 0.667. The van der Waals surface area contributed by atoms with E-state index in [-0.39, 0.29) is 35.0 Å². The number of carbonyl (C=O) groups is 1. The van der Waals surface area contributed by atoms with Gasteiger partial charge < -0.3 is 20.5 Å². The minimum atomic E-state index is -0.525. The molecular formula is C27H39N5O3S. The predicted octanol–water partition coefficient (Wildman–Crippen LogP) is 3.42. The second kappa shape index (κ2) is 10.7. The van der Waals surface area contributed by atoms with E-state index in [0.717, 1.165) is 68.6 Å². The zero-order valence-electron chi connectivity index (χ0n) is 21.6. The quantitative estimate of drug-likeness (QED) is 0.522. The summed E-state index contributed by atoms with van der Waals surface area (Å²) < 4.78 is 5.40. The Balaban J connectivity index is 1.24. The van der Waals surface area contributed by atoms with Gasteiger partial charge in [-0.25, -0.2) is 4.98 Å². The van der Waals surface area contributed by atoms with E-state index in [1.54, 1.807) is 23.7 Å². The summed E-state index contributed by atoms with van der Waals surface area (Å²) in [6.45, 7) is 11.3. The number of nitrogens with one attached hydrogen (secondary N) is 2.